The van der Waals surface area contributed by atoms with Crippen LogP contribution in [0.15, 0.2) is 40.3 Å². The van der Waals surface area contributed by atoms with Crippen molar-refractivity contribution in [3.05, 3.63) is 45.8 Å². The summed E-state index contributed by atoms with van der Waals surface area (Å²) in [6.45, 7) is 0. The molecule has 0 atom stereocenters. The predicted molar refractivity (Wildman–Crippen MR) is 136 cm³/mol. The van der Waals surface area contributed by atoms with Gasteiger partial charge in [0.05, 0.1) is 5.56 Å². The van der Waals surface area contributed by atoms with E-state index in [1.165, 1.54) is 0 Å². The van der Waals surface area contributed by atoms with Crippen molar-refractivity contribution in [3.8, 4) is 11.1 Å². The Balaban J connectivity index is 3.12. The van der Waals surface area contributed by atoms with Gasteiger partial charge < -0.3 is 3.83 Å². The number of benzene rings is 2. The third-order valence-electron chi connectivity index (χ3n) is 3.00. The van der Waals surface area contributed by atoms with Crippen molar-refractivity contribution >= 4 is 166 Å². The van der Waals surface area contributed by atoms with E-state index in [9.17, 15) is 4.79 Å². The van der Waals surface area contributed by atoms with Crippen LogP contribution in [0.1, 0.15) is 10.4 Å². The molecule has 12 heteroatoms. The van der Waals surface area contributed by atoms with Gasteiger partial charge >= 0.3 is 5.97 Å². The van der Waals surface area contributed by atoms with Crippen molar-refractivity contribution in [3.63, 3.8) is 0 Å². The summed E-state index contributed by atoms with van der Waals surface area (Å²) in [4.78, 5) is 12.5. The highest BCUT2D eigenvalue weighted by molar-refractivity contribution is 9.16. The molecule has 0 aliphatic carbocycles. The van der Waals surface area contributed by atoms with Crippen LogP contribution in [0.25, 0.3) is 11.1 Å². The molecule has 25 heavy (non-hydrogen) atoms. The summed E-state index contributed by atoms with van der Waals surface area (Å²) in [5, 5.41) is 0. The highest BCUT2D eigenvalue weighted by Crippen LogP contribution is 2.54. The van der Waals surface area contributed by atoms with E-state index in [2.05, 4.69) is 160 Å². The second-order valence-electron chi connectivity index (χ2n) is 4.32. The number of halogens is 10. The van der Waals surface area contributed by atoms with Gasteiger partial charge in [0.2, 0.25) is 0 Å². The first-order valence-corrected chi connectivity index (χ1v) is 13.5. The first-order valence-electron chi connectivity index (χ1n) is 5.76. The van der Waals surface area contributed by atoms with Gasteiger partial charge in [0, 0.05) is 51.4 Å². The molecule has 0 unspecified atom stereocenters. The summed E-state index contributed by atoms with van der Waals surface area (Å²) in [6.07, 6.45) is 0. The van der Waals surface area contributed by atoms with Crippen LogP contribution in [0.5, 0.6) is 0 Å². The summed E-state index contributed by atoms with van der Waals surface area (Å²) < 4.78 is 11.4. The van der Waals surface area contributed by atoms with Crippen molar-refractivity contribution in [2.45, 2.75) is 0 Å². The lowest BCUT2D eigenvalue weighted by Crippen LogP contribution is -2.06. The lowest BCUT2D eigenvalue weighted by atomic mass is 9.99. The van der Waals surface area contributed by atoms with Gasteiger partial charge in [-0.2, -0.15) is 0 Å². The zero-order valence-corrected chi connectivity index (χ0v) is 27.0. The molecule has 0 saturated carbocycles. The average Bonchev–Trinajstić information content (AvgIpc) is 2.60. The molecule has 2 aromatic carbocycles. The van der Waals surface area contributed by atoms with Gasteiger partial charge in [-0.05, 0) is 143 Å². The molecular weight excluding hydrogens is 987 g/mol. The highest BCUT2D eigenvalue weighted by atomic mass is 79.9. The summed E-state index contributed by atoms with van der Waals surface area (Å²) in [5.74, 6) is -0.551. The fraction of sp³-hybridized carbons (Fsp3) is 0. The Morgan fingerprint density at radius 2 is 0.840 bits per heavy atom. The van der Waals surface area contributed by atoms with Gasteiger partial charge in [0.25, 0.3) is 0 Å². The Morgan fingerprint density at radius 1 is 0.520 bits per heavy atom. The summed E-state index contributed by atoms with van der Waals surface area (Å²) in [7, 11) is 0. The average molecular weight is 987 g/mol. The molecular formula is C13Br10O2. The van der Waals surface area contributed by atoms with Gasteiger partial charge in [-0.1, -0.05) is 0 Å². The molecule has 0 aliphatic heterocycles. The largest absolute Gasteiger partial charge is 0.380 e. The minimum Gasteiger partial charge on any atom is -0.380 e. The Bertz CT molecular complexity index is 880. The predicted octanol–water partition coefficient (Wildman–Crippen LogP) is 10.7. The number of rotatable bonds is 2. The topological polar surface area (TPSA) is 26.3 Å². The van der Waals surface area contributed by atoms with E-state index in [4.69, 9.17) is 3.83 Å². The van der Waals surface area contributed by atoms with Crippen LogP contribution in [0.2, 0.25) is 0 Å². The fourth-order valence-corrected chi connectivity index (χ4v) is 8.00. The van der Waals surface area contributed by atoms with Gasteiger partial charge in [-0.25, -0.2) is 4.79 Å². The molecule has 0 amide bonds. The fourth-order valence-electron chi connectivity index (χ4n) is 1.92. The van der Waals surface area contributed by atoms with E-state index in [1.807, 2.05) is 0 Å². The standard InChI is InChI=1S/C13Br10O2/c14-4-1(2-5(15)9(19)12(22)10(20)6(2)16)3(13(24)25-23)7(17)11(21)8(4)18. The Morgan fingerprint density at radius 3 is 1.24 bits per heavy atom. The maximum Gasteiger partial charge on any atom is 0.351 e. The molecule has 0 N–H and O–H groups in total. The Hall–Kier alpha value is 2.71. The molecule has 0 aromatic heterocycles. The van der Waals surface area contributed by atoms with Crippen molar-refractivity contribution < 1.29 is 8.62 Å². The van der Waals surface area contributed by atoms with E-state index in [1.54, 1.807) is 0 Å². The number of carbonyl (C=O) groups excluding carboxylic acids is 1. The zero-order valence-electron chi connectivity index (χ0n) is 11.1. The van der Waals surface area contributed by atoms with E-state index >= 15 is 0 Å². The maximum absolute atomic E-state index is 12.5. The molecule has 0 spiro atoms. The quantitative estimate of drug-likeness (QED) is 0.221. The molecule has 0 radical (unpaired) electrons. The van der Waals surface area contributed by atoms with E-state index in [-0.39, 0.29) is 0 Å². The van der Waals surface area contributed by atoms with Crippen LogP contribution in [0.4, 0.5) is 0 Å². The monoisotopic (exact) mass is 977 g/mol. The highest BCUT2D eigenvalue weighted by Gasteiger charge is 2.30. The zero-order chi connectivity index (χ0) is 19.2. The number of hydrogen-bond donors (Lipinski definition) is 0. The van der Waals surface area contributed by atoms with Crippen LogP contribution in [0, 0.1) is 0 Å². The SMILES string of the molecule is O=C(OBr)c1c(Br)c(Br)c(Br)c(Br)c1-c1c(Br)c(Br)c(Br)c(Br)c1Br. The van der Waals surface area contributed by atoms with E-state index < -0.39 is 5.97 Å². The van der Waals surface area contributed by atoms with Crippen LogP contribution >= 0.6 is 160 Å². The second-order valence-corrected chi connectivity index (χ2v) is 11.8. The Labute approximate surface area is 227 Å². The maximum atomic E-state index is 12.5. The van der Waals surface area contributed by atoms with Crippen LogP contribution in [-0.2, 0) is 3.83 Å². The van der Waals surface area contributed by atoms with E-state index in [0.29, 0.717) is 24.5 Å². The van der Waals surface area contributed by atoms with Gasteiger partial charge in [-0.15, -0.1) is 0 Å². The van der Waals surface area contributed by atoms with Crippen molar-refractivity contribution in [2.24, 2.45) is 0 Å². The number of carbonyl (C=O) groups is 1. The minimum absolute atomic E-state index is 0.335. The first kappa shape index (κ1) is 24.0. The summed E-state index contributed by atoms with van der Waals surface area (Å²) >= 11 is 34.7. The molecule has 0 fully saturated rings. The normalized spacial score (nSPS) is 11.0. The molecule has 0 aliphatic rings. The molecule has 134 valence electrons. The van der Waals surface area contributed by atoms with Gasteiger partial charge in [-0.3, -0.25) is 0 Å². The Kier molecular flexibility index (Phi) is 9.29. The van der Waals surface area contributed by atoms with Gasteiger partial charge in [0.1, 0.15) is 0 Å². The summed E-state index contributed by atoms with van der Waals surface area (Å²) in [6, 6.07) is 0. The van der Waals surface area contributed by atoms with Crippen LogP contribution in [-0.4, -0.2) is 5.97 Å². The molecule has 0 heterocycles. The van der Waals surface area contributed by atoms with Crippen LogP contribution < -0.4 is 0 Å². The minimum atomic E-state index is -0.551. The first-order chi connectivity index (χ1) is 11.6. The summed E-state index contributed by atoms with van der Waals surface area (Å²) in [5.41, 5.74) is 1.70. The number of hydrogen-bond acceptors (Lipinski definition) is 2. The smallest absolute Gasteiger partial charge is 0.351 e. The van der Waals surface area contributed by atoms with Crippen molar-refractivity contribution in [1.82, 2.24) is 0 Å². The molecule has 0 saturated heterocycles. The third kappa shape index (κ3) is 4.42. The van der Waals surface area contributed by atoms with Gasteiger partial charge in [0.15, 0.2) is 16.3 Å². The third-order valence-corrected chi connectivity index (χ3v) is 14.2. The molecule has 2 nitrogen and oxygen atoms in total. The van der Waals surface area contributed by atoms with E-state index in [0.717, 1.165) is 32.4 Å². The van der Waals surface area contributed by atoms with Crippen molar-refractivity contribution in [1.29, 1.82) is 0 Å². The van der Waals surface area contributed by atoms with Crippen LogP contribution in [0.3, 0.4) is 0 Å². The lowest BCUT2D eigenvalue weighted by molar-refractivity contribution is 0.0781. The second kappa shape index (κ2) is 9.68. The molecule has 2 aromatic rings. The lowest BCUT2D eigenvalue weighted by Gasteiger charge is -2.20. The molecule has 2 rings (SSSR count). The van der Waals surface area contributed by atoms with Crippen molar-refractivity contribution in [2.75, 3.05) is 0 Å². The molecule has 0 bridgehead atoms.